The van der Waals surface area contributed by atoms with Crippen LogP contribution in [0.25, 0.3) is 0 Å². The first kappa shape index (κ1) is 13.9. The Balaban J connectivity index is 1.94. The molecule has 1 heterocycles. The van der Waals surface area contributed by atoms with Crippen molar-refractivity contribution in [2.45, 2.75) is 19.1 Å². The molecule has 2 rings (SSSR count). The van der Waals surface area contributed by atoms with Crippen molar-refractivity contribution in [1.29, 1.82) is 5.26 Å². The van der Waals surface area contributed by atoms with Gasteiger partial charge in [0.05, 0.1) is 11.6 Å². The molecular formula is C15H20N2O2. The van der Waals surface area contributed by atoms with E-state index in [1.54, 1.807) is 14.2 Å². The van der Waals surface area contributed by atoms with E-state index in [1.807, 2.05) is 24.3 Å². The number of piperidine rings is 1. The fourth-order valence-electron chi connectivity index (χ4n) is 2.66. The molecule has 1 aromatic rings. The third kappa shape index (κ3) is 3.25. The third-order valence-corrected chi connectivity index (χ3v) is 3.75. The number of nitrogens with zero attached hydrogens (tertiary/aromatic N) is 2. The molecule has 1 saturated heterocycles. The number of methoxy groups -OCH3 is 2. The molecule has 1 aliphatic rings. The van der Waals surface area contributed by atoms with E-state index >= 15 is 0 Å². The number of ether oxygens (including phenoxy) is 2. The van der Waals surface area contributed by atoms with E-state index < -0.39 is 0 Å². The van der Waals surface area contributed by atoms with Crippen molar-refractivity contribution in [1.82, 2.24) is 0 Å². The van der Waals surface area contributed by atoms with Gasteiger partial charge in [-0.25, -0.2) is 0 Å². The topological polar surface area (TPSA) is 45.5 Å². The van der Waals surface area contributed by atoms with Crippen molar-refractivity contribution >= 4 is 5.69 Å². The maximum atomic E-state index is 8.80. The van der Waals surface area contributed by atoms with Crippen LogP contribution in [0.15, 0.2) is 24.3 Å². The van der Waals surface area contributed by atoms with Gasteiger partial charge in [-0.2, -0.15) is 5.26 Å². The molecule has 0 aliphatic carbocycles. The van der Waals surface area contributed by atoms with Gasteiger partial charge in [-0.1, -0.05) is 0 Å². The van der Waals surface area contributed by atoms with Crippen molar-refractivity contribution in [2.75, 3.05) is 32.2 Å². The molecule has 4 nitrogen and oxygen atoms in total. The van der Waals surface area contributed by atoms with Crippen LogP contribution in [0, 0.1) is 17.2 Å². The standard InChI is InChI=1S/C15H20N2O2/c1-18-15(19-2)13-7-9-17(10-8-13)14-5-3-12(11-16)4-6-14/h3-6,13,15H,7-10H2,1-2H3. The fourth-order valence-corrected chi connectivity index (χ4v) is 2.66. The Morgan fingerprint density at radius 2 is 1.74 bits per heavy atom. The fraction of sp³-hybridized carbons (Fsp3) is 0.533. The highest BCUT2D eigenvalue weighted by atomic mass is 16.7. The Labute approximate surface area is 114 Å². The highest BCUT2D eigenvalue weighted by molar-refractivity contribution is 5.49. The van der Waals surface area contributed by atoms with Crippen molar-refractivity contribution in [3.63, 3.8) is 0 Å². The van der Waals surface area contributed by atoms with Gasteiger partial charge in [-0.3, -0.25) is 0 Å². The summed E-state index contributed by atoms with van der Waals surface area (Å²) in [7, 11) is 3.39. The first-order valence-electron chi connectivity index (χ1n) is 6.59. The highest BCUT2D eigenvalue weighted by Gasteiger charge is 2.26. The molecule has 0 amide bonds. The molecule has 1 fully saturated rings. The summed E-state index contributed by atoms with van der Waals surface area (Å²) in [6.07, 6.45) is 2.03. The summed E-state index contributed by atoms with van der Waals surface area (Å²) in [6, 6.07) is 9.92. The molecule has 102 valence electrons. The van der Waals surface area contributed by atoms with Crippen LogP contribution in [0.4, 0.5) is 5.69 Å². The molecule has 0 atom stereocenters. The smallest absolute Gasteiger partial charge is 0.159 e. The Morgan fingerprint density at radius 3 is 2.21 bits per heavy atom. The molecule has 19 heavy (non-hydrogen) atoms. The number of benzene rings is 1. The van der Waals surface area contributed by atoms with Crippen LogP contribution in [-0.2, 0) is 9.47 Å². The van der Waals surface area contributed by atoms with E-state index in [0.717, 1.165) is 25.9 Å². The largest absolute Gasteiger partial charge is 0.372 e. The van der Waals surface area contributed by atoms with Crippen molar-refractivity contribution in [3.8, 4) is 6.07 Å². The average Bonchev–Trinajstić information content (AvgIpc) is 2.49. The highest BCUT2D eigenvalue weighted by Crippen LogP contribution is 2.26. The van der Waals surface area contributed by atoms with Crippen LogP contribution < -0.4 is 4.90 Å². The first-order chi connectivity index (χ1) is 9.28. The number of hydrogen-bond acceptors (Lipinski definition) is 4. The van der Waals surface area contributed by atoms with E-state index in [2.05, 4.69) is 11.0 Å². The van der Waals surface area contributed by atoms with E-state index in [9.17, 15) is 0 Å². The summed E-state index contributed by atoms with van der Waals surface area (Å²) in [4.78, 5) is 2.35. The average molecular weight is 260 g/mol. The lowest BCUT2D eigenvalue weighted by Crippen LogP contribution is -2.39. The third-order valence-electron chi connectivity index (χ3n) is 3.75. The second kappa shape index (κ2) is 6.55. The maximum Gasteiger partial charge on any atom is 0.159 e. The molecule has 0 aromatic heterocycles. The van der Waals surface area contributed by atoms with E-state index in [1.165, 1.54) is 5.69 Å². The van der Waals surface area contributed by atoms with Crippen molar-refractivity contribution < 1.29 is 9.47 Å². The Bertz CT molecular complexity index is 426. The summed E-state index contributed by atoms with van der Waals surface area (Å²) in [5, 5.41) is 8.80. The predicted molar refractivity (Wildman–Crippen MR) is 73.9 cm³/mol. The van der Waals surface area contributed by atoms with E-state index in [4.69, 9.17) is 14.7 Å². The quantitative estimate of drug-likeness (QED) is 0.780. The van der Waals surface area contributed by atoms with Gasteiger partial charge in [-0.05, 0) is 37.1 Å². The predicted octanol–water partition coefficient (Wildman–Crippen LogP) is 2.39. The van der Waals surface area contributed by atoms with Gasteiger partial charge in [0.15, 0.2) is 6.29 Å². The second-order valence-corrected chi connectivity index (χ2v) is 4.82. The molecule has 0 bridgehead atoms. The maximum absolute atomic E-state index is 8.80. The summed E-state index contributed by atoms with van der Waals surface area (Å²) in [5.41, 5.74) is 1.89. The zero-order valence-corrected chi connectivity index (χ0v) is 11.5. The zero-order valence-electron chi connectivity index (χ0n) is 11.5. The molecule has 1 aliphatic heterocycles. The number of rotatable bonds is 4. The van der Waals surface area contributed by atoms with Crippen LogP contribution in [-0.4, -0.2) is 33.6 Å². The summed E-state index contributed by atoms with van der Waals surface area (Å²) in [5.74, 6) is 0.463. The SMILES string of the molecule is COC(OC)C1CCN(c2ccc(C#N)cc2)CC1. The lowest BCUT2D eigenvalue weighted by Gasteiger charge is -2.36. The minimum Gasteiger partial charge on any atom is -0.372 e. The Hall–Kier alpha value is -1.57. The lowest BCUT2D eigenvalue weighted by atomic mass is 9.95. The van der Waals surface area contributed by atoms with Crippen LogP contribution in [0.2, 0.25) is 0 Å². The molecule has 4 heteroatoms. The normalized spacial score (nSPS) is 16.6. The number of nitriles is 1. The van der Waals surface area contributed by atoms with Gasteiger partial charge in [0.2, 0.25) is 0 Å². The first-order valence-corrected chi connectivity index (χ1v) is 6.59. The number of hydrogen-bond donors (Lipinski definition) is 0. The van der Waals surface area contributed by atoms with Crippen LogP contribution in [0.5, 0.6) is 0 Å². The number of anilines is 1. The van der Waals surface area contributed by atoms with Gasteiger partial charge in [0, 0.05) is 38.9 Å². The molecule has 0 radical (unpaired) electrons. The Morgan fingerprint density at radius 1 is 1.16 bits per heavy atom. The second-order valence-electron chi connectivity index (χ2n) is 4.82. The minimum absolute atomic E-state index is 0.0943. The van der Waals surface area contributed by atoms with E-state index in [0.29, 0.717) is 11.5 Å². The van der Waals surface area contributed by atoms with Gasteiger partial charge in [0.1, 0.15) is 0 Å². The molecular weight excluding hydrogens is 240 g/mol. The summed E-state index contributed by atoms with van der Waals surface area (Å²) >= 11 is 0. The monoisotopic (exact) mass is 260 g/mol. The van der Waals surface area contributed by atoms with Gasteiger partial charge in [-0.15, -0.1) is 0 Å². The lowest BCUT2D eigenvalue weighted by molar-refractivity contribution is -0.141. The molecule has 0 saturated carbocycles. The Kier molecular flexibility index (Phi) is 4.78. The van der Waals surface area contributed by atoms with Gasteiger partial charge >= 0.3 is 0 Å². The minimum atomic E-state index is -0.0943. The molecule has 0 unspecified atom stereocenters. The van der Waals surface area contributed by atoms with Gasteiger partial charge < -0.3 is 14.4 Å². The molecule has 0 spiro atoms. The van der Waals surface area contributed by atoms with Crippen LogP contribution in [0.1, 0.15) is 18.4 Å². The summed E-state index contributed by atoms with van der Waals surface area (Å²) < 4.78 is 10.7. The van der Waals surface area contributed by atoms with Crippen LogP contribution >= 0.6 is 0 Å². The van der Waals surface area contributed by atoms with E-state index in [-0.39, 0.29) is 6.29 Å². The zero-order chi connectivity index (χ0) is 13.7. The molecule has 0 N–H and O–H groups in total. The van der Waals surface area contributed by atoms with Crippen LogP contribution in [0.3, 0.4) is 0 Å². The molecule has 1 aromatic carbocycles. The van der Waals surface area contributed by atoms with Crippen molar-refractivity contribution in [2.24, 2.45) is 5.92 Å². The van der Waals surface area contributed by atoms with Gasteiger partial charge in [0.25, 0.3) is 0 Å². The van der Waals surface area contributed by atoms with Crippen molar-refractivity contribution in [3.05, 3.63) is 29.8 Å². The summed E-state index contributed by atoms with van der Waals surface area (Å²) in [6.45, 7) is 2.00.